The SMILES string of the molecule is CC1(C2CCCCC2)OC2C3CC(C2O1)C(C(F)(F)S(=O)(=O)O)C3. The first-order chi connectivity index (χ1) is 11.1. The number of hydrogen-bond acceptors (Lipinski definition) is 4. The highest BCUT2D eigenvalue weighted by atomic mass is 32.2. The summed E-state index contributed by atoms with van der Waals surface area (Å²) in [7, 11) is -5.42. The summed E-state index contributed by atoms with van der Waals surface area (Å²) in [6.07, 6.45) is 5.29. The first-order valence-corrected chi connectivity index (χ1v) is 10.3. The van der Waals surface area contributed by atoms with Gasteiger partial charge < -0.3 is 9.47 Å². The van der Waals surface area contributed by atoms with Crippen LogP contribution in [0.4, 0.5) is 8.78 Å². The minimum Gasteiger partial charge on any atom is -0.344 e. The maximum absolute atomic E-state index is 14.2. The van der Waals surface area contributed by atoms with E-state index in [1.165, 1.54) is 6.42 Å². The van der Waals surface area contributed by atoms with E-state index in [0.717, 1.165) is 25.7 Å². The van der Waals surface area contributed by atoms with E-state index in [9.17, 15) is 17.2 Å². The van der Waals surface area contributed by atoms with Crippen molar-refractivity contribution in [3.63, 3.8) is 0 Å². The molecule has 138 valence electrons. The highest BCUT2D eigenvalue weighted by Crippen LogP contribution is 2.61. The first kappa shape index (κ1) is 17.1. The molecule has 0 amide bonds. The molecule has 0 aromatic heterocycles. The molecule has 5 nitrogen and oxygen atoms in total. The van der Waals surface area contributed by atoms with Crippen molar-refractivity contribution in [2.75, 3.05) is 0 Å². The van der Waals surface area contributed by atoms with Crippen molar-refractivity contribution < 1.29 is 31.2 Å². The minimum absolute atomic E-state index is 0.0583. The normalized spacial score (nSPS) is 46.4. The first-order valence-electron chi connectivity index (χ1n) is 8.84. The van der Waals surface area contributed by atoms with Crippen LogP contribution in [-0.4, -0.2) is 36.2 Å². The van der Waals surface area contributed by atoms with Gasteiger partial charge in [0.05, 0.1) is 12.2 Å². The van der Waals surface area contributed by atoms with Crippen LogP contribution < -0.4 is 0 Å². The Kier molecular flexibility index (Phi) is 3.81. The quantitative estimate of drug-likeness (QED) is 0.777. The predicted octanol–water partition coefficient (Wildman–Crippen LogP) is 3.20. The van der Waals surface area contributed by atoms with Gasteiger partial charge in [0.1, 0.15) is 0 Å². The van der Waals surface area contributed by atoms with Gasteiger partial charge in [-0.2, -0.15) is 17.2 Å². The van der Waals surface area contributed by atoms with Gasteiger partial charge in [-0.3, -0.25) is 4.55 Å². The summed E-state index contributed by atoms with van der Waals surface area (Å²) < 4.78 is 71.9. The van der Waals surface area contributed by atoms with Gasteiger partial charge in [-0.25, -0.2) is 0 Å². The van der Waals surface area contributed by atoms with Crippen LogP contribution >= 0.6 is 0 Å². The lowest BCUT2D eigenvalue weighted by Gasteiger charge is -2.36. The van der Waals surface area contributed by atoms with Gasteiger partial charge in [0.25, 0.3) is 0 Å². The fraction of sp³-hybridized carbons (Fsp3) is 1.00. The molecule has 1 N–H and O–H groups in total. The highest BCUT2D eigenvalue weighted by molar-refractivity contribution is 7.86. The molecule has 0 spiro atoms. The molecule has 4 fully saturated rings. The molecule has 3 saturated carbocycles. The molecular formula is C16H24F2O5S. The zero-order valence-electron chi connectivity index (χ0n) is 13.7. The smallest absolute Gasteiger partial charge is 0.344 e. The number of rotatable bonds is 3. The van der Waals surface area contributed by atoms with Crippen molar-refractivity contribution in [3.8, 4) is 0 Å². The second-order valence-electron chi connectivity index (χ2n) is 8.05. The maximum atomic E-state index is 14.2. The van der Waals surface area contributed by atoms with Crippen LogP contribution in [0.5, 0.6) is 0 Å². The van der Waals surface area contributed by atoms with E-state index in [2.05, 4.69) is 0 Å². The third kappa shape index (κ3) is 2.36. The Morgan fingerprint density at radius 2 is 1.71 bits per heavy atom. The van der Waals surface area contributed by atoms with E-state index in [1.54, 1.807) is 0 Å². The van der Waals surface area contributed by atoms with Crippen LogP contribution in [-0.2, 0) is 19.6 Å². The molecule has 6 unspecified atom stereocenters. The van der Waals surface area contributed by atoms with Crippen molar-refractivity contribution >= 4 is 10.1 Å². The van der Waals surface area contributed by atoms with Crippen LogP contribution in [0.25, 0.3) is 0 Å². The van der Waals surface area contributed by atoms with Crippen LogP contribution in [0.3, 0.4) is 0 Å². The Bertz CT molecular complexity index is 618. The van der Waals surface area contributed by atoms with E-state index in [0.29, 0.717) is 6.42 Å². The molecule has 4 rings (SSSR count). The molecule has 1 heterocycles. The summed E-state index contributed by atoms with van der Waals surface area (Å²) in [6.45, 7) is 1.90. The number of halogens is 2. The van der Waals surface area contributed by atoms with Gasteiger partial charge in [0, 0.05) is 11.8 Å². The van der Waals surface area contributed by atoms with Crippen LogP contribution in [0.15, 0.2) is 0 Å². The minimum atomic E-state index is -5.42. The standard InChI is InChI=1S/C16H24F2O5S/c1-15(10-5-3-2-4-6-10)22-13-9-7-11(14(13)23-15)12(8-9)16(17,18)24(19,20)21/h9-14H,2-8H2,1H3,(H,19,20,21). The fourth-order valence-electron chi connectivity index (χ4n) is 5.54. The largest absolute Gasteiger partial charge is 0.373 e. The van der Waals surface area contributed by atoms with Crippen molar-refractivity contribution in [3.05, 3.63) is 0 Å². The summed E-state index contributed by atoms with van der Waals surface area (Å²) in [5, 5.41) is -4.12. The summed E-state index contributed by atoms with van der Waals surface area (Å²) in [5.41, 5.74) is 0. The van der Waals surface area contributed by atoms with E-state index in [1.807, 2.05) is 6.92 Å². The average Bonchev–Trinajstić information content (AvgIpc) is 3.16. The van der Waals surface area contributed by atoms with Crippen molar-refractivity contribution in [2.24, 2.45) is 23.7 Å². The summed E-state index contributed by atoms with van der Waals surface area (Å²) in [4.78, 5) is 0. The molecule has 2 bridgehead atoms. The van der Waals surface area contributed by atoms with Gasteiger partial charge in [-0.05, 0) is 44.4 Å². The number of hydrogen-bond donors (Lipinski definition) is 1. The highest BCUT2D eigenvalue weighted by Gasteiger charge is 2.69. The lowest BCUT2D eigenvalue weighted by molar-refractivity contribution is -0.213. The molecule has 1 aliphatic heterocycles. The van der Waals surface area contributed by atoms with E-state index in [4.69, 9.17) is 14.0 Å². The van der Waals surface area contributed by atoms with Gasteiger partial charge >= 0.3 is 15.4 Å². The van der Waals surface area contributed by atoms with Crippen LogP contribution in [0.2, 0.25) is 0 Å². The third-order valence-electron chi connectivity index (χ3n) is 6.72. The van der Waals surface area contributed by atoms with E-state index < -0.39 is 39.1 Å². The summed E-state index contributed by atoms with van der Waals surface area (Å²) in [6, 6.07) is 0. The Balaban J connectivity index is 1.55. The predicted molar refractivity (Wildman–Crippen MR) is 80.9 cm³/mol. The lowest BCUT2D eigenvalue weighted by atomic mass is 9.83. The van der Waals surface area contributed by atoms with Crippen LogP contribution in [0, 0.1) is 23.7 Å². The number of fused-ring (bicyclic) bond motifs is 5. The zero-order chi connectivity index (χ0) is 17.3. The number of alkyl halides is 2. The molecule has 6 atom stereocenters. The molecule has 3 aliphatic carbocycles. The van der Waals surface area contributed by atoms with Gasteiger partial charge in [0.15, 0.2) is 5.79 Å². The molecular weight excluding hydrogens is 342 g/mol. The lowest BCUT2D eigenvalue weighted by Crippen LogP contribution is -2.46. The van der Waals surface area contributed by atoms with Crippen molar-refractivity contribution in [1.82, 2.24) is 0 Å². The Labute approximate surface area is 140 Å². The Morgan fingerprint density at radius 1 is 1.08 bits per heavy atom. The third-order valence-corrected chi connectivity index (χ3v) is 7.71. The molecule has 24 heavy (non-hydrogen) atoms. The Hall–Kier alpha value is -0.310. The summed E-state index contributed by atoms with van der Waals surface area (Å²) >= 11 is 0. The maximum Gasteiger partial charge on any atom is 0.373 e. The zero-order valence-corrected chi connectivity index (χ0v) is 14.5. The molecule has 0 aromatic rings. The number of ether oxygens (including phenoxy) is 2. The van der Waals surface area contributed by atoms with Crippen molar-refractivity contribution in [2.45, 2.75) is 75.1 Å². The topological polar surface area (TPSA) is 72.8 Å². The fourth-order valence-corrected chi connectivity index (χ4v) is 6.19. The van der Waals surface area contributed by atoms with Gasteiger partial charge in [0.2, 0.25) is 0 Å². The molecule has 8 heteroatoms. The molecule has 1 saturated heterocycles. The average molecular weight is 366 g/mol. The molecule has 0 aromatic carbocycles. The summed E-state index contributed by atoms with van der Waals surface area (Å²) in [5.74, 6) is -2.59. The Morgan fingerprint density at radius 3 is 2.33 bits per heavy atom. The van der Waals surface area contributed by atoms with Gasteiger partial charge in [-0.1, -0.05) is 19.3 Å². The second kappa shape index (κ2) is 5.34. The second-order valence-corrected chi connectivity index (χ2v) is 9.55. The monoisotopic (exact) mass is 366 g/mol. The van der Waals surface area contributed by atoms with E-state index in [-0.39, 0.29) is 24.4 Å². The molecule has 0 radical (unpaired) electrons. The molecule has 4 aliphatic rings. The van der Waals surface area contributed by atoms with Gasteiger partial charge in [-0.15, -0.1) is 0 Å². The van der Waals surface area contributed by atoms with E-state index >= 15 is 0 Å². The van der Waals surface area contributed by atoms with Crippen molar-refractivity contribution in [1.29, 1.82) is 0 Å². The van der Waals surface area contributed by atoms with Crippen LogP contribution in [0.1, 0.15) is 51.9 Å².